The number of nitrogens with zero attached hydrogens (tertiary/aromatic N) is 2. The summed E-state index contributed by atoms with van der Waals surface area (Å²) in [7, 11) is 1.77. The van der Waals surface area contributed by atoms with Gasteiger partial charge in [0.05, 0.1) is 0 Å². The zero-order chi connectivity index (χ0) is 12.5. The van der Waals surface area contributed by atoms with Crippen molar-refractivity contribution < 1.29 is 9.53 Å². The van der Waals surface area contributed by atoms with E-state index in [-0.39, 0.29) is 5.91 Å². The first-order valence-electron chi connectivity index (χ1n) is 6.47. The number of benzene rings is 1. The number of anilines is 1. The summed E-state index contributed by atoms with van der Waals surface area (Å²) in [5.41, 5.74) is 2.17. The van der Waals surface area contributed by atoms with E-state index in [1.54, 1.807) is 11.9 Å². The van der Waals surface area contributed by atoms with Gasteiger partial charge in [-0.25, -0.2) is 0 Å². The lowest BCUT2D eigenvalue weighted by atomic mass is 10.1. The highest BCUT2D eigenvalue weighted by Crippen LogP contribution is 2.29. The molecule has 0 aromatic heterocycles. The summed E-state index contributed by atoms with van der Waals surface area (Å²) in [5.74, 6) is 0.0496. The fourth-order valence-corrected chi connectivity index (χ4v) is 2.62. The van der Waals surface area contributed by atoms with Gasteiger partial charge in [0.1, 0.15) is 6.73 Å². The second kappa shape index (κ2) is 4.61. The maximum atomic E-state index is 11.9. The number of ether oxygens (including phenoxy) is 1. The summed E-state index contributed by atoms with van der Waals surface area (Å²) in [6, 6.07) is 8.18. The fraction of sp³-hybridized carbons (Fsp3) is 0.500. The predicted molar refractivity (Wildman–Crippen MR) is 69.4 cm³/mol. The minimum absolute atomic E-state index is 0.0496. The van der Waals surface area contributed by atoms with Crippen LogP contribution in [0.5, 0.6) is 0 Å². The second-order valence-corrected chi connectivity index (χ2v) is 5.00. The second-order valence-electron chi connectivity index (χ2n) is 5.00. The first-order chi connectivity index (χ1) is 8.75. The highest BCUT2D eigenvalue weighted by atomic mass is 16.5. The van der Waals surface area contributed by atoms with Crippen LogP contribution in [0.1, 0.15) is 24.5 Å². The predicted octanol–water partition coefficient (Wildman–Crippen LogP) is 1.77. The molecule has 2 aliphatic rings. The van der Waals surface area contributed by atoms with E-state index in [0.29, 0.717) is 6.73 Å². The highest BCUT2D eigenvalue weighted by molar-refractivity contribution is 5.83. The van der Waals surface area contributed by atoms with Crippen LogP contribution in [0.25, 0.3) is 0 Å². The van der Waals surface area contributed by atoms with Gasteiger partial charge in [-0.1, -0.05) is 12.1 Å². The van der Waals surface area contributed by atoms with Gasteiger partial charge in [0, 0.05) is 25.8 Å². The average molecular weight is 246 g/mol. The molecule has 3 rings (SSSR count). The molecule has 2 fully saturated rings. The molecule has 4 heteroatoms. The van der Waals surface area contributed by atoms with Crippen molar-refractivity contribution >= 4 is 11.6 Å². The maximum absolute atomic E-state index is 11.9. The van der Waals surface area contributed by atoms with Crippen LogP contribution in [0.4, 0.5) is 5.69 Å². The van der Waals surface area contributed by atoms with Crippen LogP contribution in [0.3, 0.4) is 0 Å². The molecule has 0 N–H and O–H groups in total. The van der Waals surface area contributed by atoms with Gasteiger partial charge in [-0.05, 0) is 30.5 Å². The number of likely N-dealkylation sites (N-methyl/N-ethyl adjacent to an activating group) is 1. The van der Waals surface area contributed by atoms with Crippen LogP contribution < -0.4 is 4.90 Å². The van der Waals surface area contributed by atoms with Crippen LogP contribution in [-0.4, -0.2) is 37.7 Å². The van der Waals surface area contributed by atoms with Crippen LogP contribution >= 0.6 is 0 Å². The summed E-state index contributed by atoms with van der Waals surface area (Å²) >= 11 is 0. The van der Waals surface area contributed by atoms with E-state index in [0.717, 1.165) is 18.7 Å². The molecule has 4 nitrogen and oxygen atoms in total. The smallest absolute Gasteiger partial charge is 0.257 e. The van der Waals surface area contributed by atoms with E-state index in [1.807, 2.05) is 12.1 Å². The van der Waals surface area contributed by atoms with E-state index >= 15 is 0 Å². The van der Waals surface area contributed by atoms with Gasteiger partial charge in [-0.15, -0.1) is 0 Å². The van der Waals surface area contributed by atoms with Crippen molar-refractivity contribution in [1.82, 2.24) is 4.90 Å². The number of hydrogen-bond acceptors (Lipinski definition) is 3. The van der Waals surface area contributed by atoms with E-state index < -0.39 is 6.10 Å². The largest absolute Gasteiger partial charge is 0.372 e. The molecule has 96 valence electrons. The van der Waals surface area contributed by atoms with Crippen molar-refractivity contribution in [2.45, 2.75) is 18.9 Å². The zero-order valence-electron chi connectivity index (χ0n) is 10.6. The van der Waals surface area contributed by atoms with Crippen LogP contribution in [-0.2, 0) is 9.53 Å². The van der Waals surface area contributed by atoms with E-state index in [2.05, 4.69) is 17.0 Å². The first kappa shape index (κ1) is 11.5. The number of rotatable bonds is 2. The molecular weight excluding hydrogens is 228 g/mol. The lowest BCUT2D eigenvalue weighted by Crippen LogP contribution is -2.22. The molecule has 1 aromatic carbocycles. The Morgan fingerprint density at radius 2 is 2.06 bits per heavy atom. The third kappa shape index (κ3) is 1.97. The van der Waals surface area contributed by atoms with Crippen molar-refractivity contribution in [3.05, 3.63) is 29.8 Å². The molecule has 1 amide bonds. The Morgan fingerprint density at radius 3 is 2.72 bits per heavy atom. The minimum atomic E-state index is -0.419. The molecule has 0 radical (unpaired) electrons. The molecule has 2 heterocycles. The summed E-state index contributed by atoms with van der Waals surface area (Å²) in [4.78, 5) is 15.9. The Hall–Kier alpha value is -1.55. The van der Waals surface area contributed by atoms with Gasteiger partial charge >= 0.3 is 0 Å². The Morgan fingerprint density at radius 1 is 1.28 bits per heavy atom. The monoisotopic (exact) mass is 246 g/mol. The first-order valence-corrected chi connectivity index (χ1v) is 6.47. The molecule has 0 saturated carbocycles. The van der Waals surface area contributed by atoms with E-state index in [4.69, 9.17) is 4.74 Å². The van der Waals surface area contributed by atoms with Gasteiger partial charge in [0.2, 0.25) is 0 Å². The summed E-state index contributed by atoms with van der Waals surface area (Å²) in [6.45, 7) is 2.61. The third-order valence-corrected chi connectivity index (χ3v) is 3.68. The minimum Gasteiger partial charge on any atom is -0.372 e. The van der Waals surface area contributed by atoms with E-state index in [9.17, 15) is 4.79 Å². The standard InChI is InChI=1S/C14H18N2O2/c1-15-10-18-13(14(15)17)11-5-4-6-12(9-11)16-7-2-3-8-16/h4-6,9,13H,2-3,7-8,10H2,1H3. The van der Waals surface area contributed by atoms with Crippen molar-refractivity contribution in [2.75, 3.05) is 31.8 Å². The average Bonchev–Trinajstić information content (AvgIpc) is 3.02. The zero-order valence-corrected chi connectivity index (χ0v) is 10.6. The summed E-state index contributed by atoms with van der Waals surface area (Å²) in [6.07, 6.45) is 2.09. The number of carbonyl (C=O) groups is 1. The highest BCUT2D eigenvalue weighted by Gasteiger charge is 2.31. The molecule has 1 unspecified atom stereocenters. The quantitative estimate of drug-likeness (QED) is 0.797. The molecule has 2 saturated heterocycles. The molecule has 0 bridgehead atoms. The van der Waals surface area contributed by atoms with Crippen molar-refractivity contribution in [1.29, 1.82) is 0 Å². The summed E-state index contributed by atoms with van der Waals surface area (Å²) < 4.78 is 5.54. The fourth-order valence-electron chi connectivity index (χ4n) is 2.62. The normalized spacial score (nSPS) is 24.1. The number of amides is 1. The Balaban J connectivity index is 1.84. The van der Waals surface area contributed by atoms with Crippen LogP contribution in [0.2, 0.25) is 0 Å². The van der Waals surface area contributed by atoms with Gasteiger partial charge in [-0.2, -0.15) is 0 Å². The van der Waals surface area contributed by atoms with Gasteiger partial charge in [0.25, 0.3) is 5.91 Å². The van der Waals surface area contributed by atoms with Crippen LogP contribution in [0, 0.1) is 0 Å². The van der Waals surface area contributed by atoms with Crippen molar-refractivity contribution in [2.24, 2.45) is 0 Å². The topological polar surface area (TPSA) is 32.8 Å². The lowest BCUT2D eigenvalue weighted by Gasteiger charge is -2.19. The van der Waals surface area contributed by atoms with Crippen LogP contribution in [0.15, 0.2) is 24.3 Å². The Kier molecular flexibility index (Phi) is 2.96. The Labute approximate surface area is 107 Å². The number of carbonyl (C=O) groups excluding carboxylic acids is 1. The van der Waals surface area contributed by atoms with Crippen molar-refractivity contribution in [3.63, 3.8) is 0 Å². The van der Waals surface area contributed by atoms with Gasteiger partial charge in [-0.3, -0.25) is 4.79 Å². The SMILES string of the molecule is CN1COC(c2cccc(N3CCCC3)c2)C1=O. The molecule has 1 atom stereocenters. The Bertz CT molecular complexity index is 455. The molecule has 1 aromatic rings. The molecular formula is C14H18N2O2. The lowest BCUT2D eigenvalue weighted by molar-refractivity contribution is -0.129. The molecule has 0 aliphatic carbocycles. The summed E-state index contributed by atoms with van der Waals surface area (Å²) in [5, 5.41) is 0. The molecule has 2 aliphatic heterocycles. The molecule has 0 spiro atoms. The van der Waals surface area contributed by atoms with E-state index in [1.165, 1.54) is 18.5 Å². The van der Waals surface area contributed by atoms with Gasteiger partial charge < -0.3 is 14.5 Å². The van der Waals surface area contributed by atoms with Gasteiger partial charge in [0.15, 0.2) is 6.10 Å². The maximum Gasteiger partial charge on any atom is 0.257 e. The third-order valence-electron chi connectivity index (χ3n) is 3.68. The molecule has 18 heavy (non-hydrogen) atoms. The van der Waals surface area contributed by atoms with Crippen molar-refractivity contribution in [3.8, 4) is 0 Å². The number of hydrogen-bond donors (Lipinski definition) is 0.